The topological polar surface area (TPSA) is 118 Å². The number of carbonyl (C=O) groups excluding carboxylic acids is 2. The molecule has 2 aromatic heterocycles. The fraction of sp³-hybridized carbons (Fsp3) is 0.609. The van der Waals surface area contributed by atoms with Crippen molar-refractivity contribution in [2.24, 2.45) is 0 Å². The summed E-state index contributed by atoms with van der Waals surface area (Å²) in [5.41, 5.74) is -1.03. The van der Waals surface area contributed by atoms with Crippen LogP contribution in [-0.2, 0) is 18.9 Å². The molecule has 11 nitrogen and oxygen atoms in total. The molecule has 0 unspecified atom stereocenters. The predicted octanol–water partition coefficient (Wildman–Crippen LogP) is 4.13. The number of imidazole rings is 1. The second kappa shape index (κ2) is 8.02. The molecule has 2 amide bonds. The first-order valence-corrected chi connectivity index (χ1v) is 11.1. The van der Waals surface area contributed by atoms with Crippen LogP contribution in [0.2, 0.25) is 0 Å². The number of anilines is 1. The lowest BCUT2D eigenvalue weighted by atomic mass is 10.2. The molecule has 0 saturated carbocycles. The van der Waals surface area contributed by atoms with Crippen LogP contribution in [0.1, 0.15) is 61.4 Å². The monoisotopic (exact) mass is 473 g/mol. The van der Waals surface area contributed by atoms with Gasteiger partial charge in [0, 0.05) is 0 Å². The molecule has 3 heterocycles. The molecule has 0 bridgehead atoms. The molecule has 0 aromatic carbocycles. The summed E-state index contributed by atoms with van der Waals surface area (Å²) in [6.07, 6.45) is 4.45. The van der Waals surface area contributed by atoms with E-state index in [0.717, 1.165) is 4.90 Å². The normalized spacial score (nSPS) is 23.7. The number of fused-ring (bicyclic) bond motifs is 2. The molecule has 2 aromatic rings. The summed E-state index contributed by atoms with van der Waals surface area (Å²) in [5, 5.41) is 0. The molecular weight excluding hydrogens is 442 g/mol. The third kappa shape index (κ3) is 4.76. The average molecular weight is 474 g/mol. The zero-order valence-corrected chi connectivity index (χ0v) is 20.7. The highest BCUT2D eigenvalue weighted by Gasteiger charge is 2.47. The Kier molecular flexibility index (Phi) is 5.68. The Morgan fingerprint density at radius 3 is 2.18 bits per heavy atom. The smallest absolute Gasteiger partial charge is 0.425 e. The van der Waals surface area contributed by atoms with E-state index in [4.69, 9.17) is 18.9 Å². The van der Waals surface area contributed by atoms with Crippen molar-refractivity contribution >= 4 is 29.2 Å². The van der Waals surface area contributed by atoms with Gasteiger partial charge in [-0.15, -0.1) is 0 Å². The maximum Gasteiger partial charge on any atom is 0.425 e. The second-order valence-corrected chi connectivity index (χ2v) is 10.8. The maximum absolute atomic E-state index is 13.1. The molecule has 3 atom stereocenters. The van der Waals surface area contributed by atoms with Crippen molar-refractivity contribution in [3.63, 3.8) is 0 Å². The third-order valence-corrected chi connectivity index (χ3v) is 5.02. The fourth-order valence-electron chi connectivity index (χ4n) is 3.90. The van der Waals surface area contributed by atoms with E-state index in [1.165, 1.54) is 6.33 Å². The van der Waals surface area contributed by atoms with Gasteiger partial charge in [0.1, 0.15) is 29.7 Å². The third-order valence-electron chi connectivity index (χ3n) is 5.02. The first-order chi connectivity index (χ1) is 15.7. The molecule has 34 heavy (non-hydrogen) atoms. The number of hydrogen-bond acceptors (Lipinski definition) is 9. The molecule has 1 saturated heterocycles. The van der Waals surface area contributed by atoms with Crippen LogP contribution in [0.15, 0.2) is 24.8 Å². The highest BCUT2D eigenvalue weighted by atomic mass is 16.8. The number of ether oxygens (including phenoxy) is 4. The number of amides is 2. The van der Waals surface area contributed by atoms with Crippen LogP contribution >= 0.6 is 0 Å². The number of nitrogens with zero attached hydrogens (tertiary/aromatic N) is 5. The number of hydrogen-bond donors (Lipinski definition) is 0. The average Bonchev–Trinajstić information content (AvgIpc) is 3.30. The van der Waals surface area contributed by atoms with E-state index in [1.54, 1.807) is 47.9 Å². The van der Waals surface area contributed by atoms with Gasteiger partial charge in [-0.25, -0.2) is 24.5 Å². The van der Waals surface area contributed by atoms with Gasteiger partial charge >= 0.3 is 12.2 Å². The molecule has 1 fully saturated rings. The molecule has 11 heteroatoms. The van der Waals surface area contributed by atoms with Crippen molar-refractivity contribution in [2.75, 3.05) is 4.90 Å². The maximum atomic E-state index is 13.1. The summed E-state index contributed by atoms with van der Waals surface area (Å²) < 4.78 is 24.8. The van der Waals surface area contributed by atoms with Crippen LogP contribution in [0.3, 0.4) is 0 Å². The second-order valence-electron chi connectivity index (χ2n) is 10.8. The van der Waals surface area contributed by atoms with Crippen molar-refractivity contribution in [3.8, 4) is 0 Å². The minimum absolute atomic E-state index is 0.0327. The lowest BCUT2D eigenvalue weighted by Gasteiger charge is -2.28. The summed E-state index contributed by atoms with van der Waals surface area (Å²) in [6.45, 7) is 14.0. The first kappa shape index (κ1) is 24.1. The number of rotatable bonds is 2. The van der Waals surface area contributed by atoms with Crippen LogP contribution in [0.25, 0.3) is 11.2 Å². The lowest BCUT2D eigenvalue weighted by Crippen LogP contribution is -2.44. The van der Waals surface area contributed by atoms with E-state index in [-0.39, 0.29) is 29.6 Å². The van der Waals surface area contributed by atoms with E-state index in [0.29, 0.717) is 5.65 Å². The van der Waals surface area contributed by atoms with Gasteiger partial charge < -0.3 is 23.5 Å². The summed E-state index contributed by atoms with van der Waals surface area (Å²) in [5.74, 6) is -0.742. The predicted molar refractivity (Wildman–Crippen MR) is 122 cm³/mol. The Labute approximate surface area is 198 Å². The molecule has 0 spiro atoms. The highest BCUT2D eigenvalue weighted by molar-refractivity contribution is 6.12. The first-order valence-electron chi connectivity index (χ1n) is 11.1. The molecule has 184 valence electrons. The Balaban J connectivity index is 1.75. The quantitative estimate of drug-likeness (QED) is 0.593. The number of carbonyl (C=O) groups is 2. The van der Waals surface area contributed by atoms with Crippen molar-refractivity contribution in [1.29, 1.82) is 0 Å². The lowest BCUT2D eigenvalue weighted by molar-refractivity contribution is -0.146. The molecule has 1 aliphatic carbocycles. The van der Waals surface area contributed by atoms with Gasteiger partial charge in [0.25, 0.3) is 0 Å². The van der Waals surface area contributed by atoms with E-state index in [2.05, 4.69) is 15.0 Å². The number of aromatic nitrogens is 4. The van der Waals surface area contributed by atoms with Crippen LogP contribution in [-0.4, -0.2) is 60.9 Å². The summed E-state index contributed by atoms with van der Waals surface area (Å²) in [7, 11) is 0. The van der Waals surface area contributed by atoms with Gasteiger partial charge in [0.2, 0.25) is 0 Å². The van der Waals surface area contributed by atoms with E-state index < -0.39 is 29.2 Å². The summed E-state index contributed by atoms with van der Waals surface area (Å²) in [6, 6.07) is -0.240. The minimum Gasteiger partial charge on any atom is -0.443 e. The standard InChI is InChI=1S/C23H31N5O6/c1-21(2,3)33-19(29)28(20(30)34-22(4,5)6)18-15-17(24-11-25-18)27(12-26-15)13-9-10-14-16(13)32-23(7,8)31-14/h9-14,16H,1-8H3/t13-,14+,16-/m0/s1. The van der Waals surface area contributed by atoms with Crippen LogP contribution in [0.4, 0.5) is 15.4 Å². The van der Waals surface area contributed by atoms with Crippen LogP contribution in [0.5, 0.6) is 0 Å². The van der Waals surface area contributed by atoms with Crippen molar-refractivity contribution < 1.29 is 28.5 Å². The molecule has 1 aliphatic heterocycles. The largest absolute Gasteiger partial charge is 0.443 e. The van der Waals surface area contributed by atoms with Gasteiger partial charge in [-0.3, -0.25) is 0 Å². The minimum atomic E-state index is -0.925. The Bertz CT molecular complexity index is 1110. The SMILES string of the molecule is CC(C)(C)OC(=O)N(C(=O)OC(C)(C)C)c1ncnc2c1ncn2[C@H]1C=C[C@H]2OC(C)(C)O[C@H]21. The zero-order chi connectivity index (χ0) is 25.1. The highest BCUT2D eigenvalue weighted by Crippen LogP contribution is 2.40. The number of imide groups is 1. The van der Waals surface area contributed by atoms with Crippen molar-refractivity contribution in [2.45, 2.75) is 90.6 Å². The zero-order valence-electron chi connectivity index (χ0n) is 20.7. The van der Waals surface area contributed by atoms with Crippen molar-refractivity contribution in [3.05, 3.63) is 24.8 Å². The Hall–Kier alpha value is -3.05. The van der Waals surface area contributed by atoms with E-state index in [9.17, 15) is 9.59 Å². The van der Waals surface area contributed by atoms with Crippen LogP contribution < -0.4 is 4.90 Å². The molecule has 0 N–H and O–H groups in total. The van der Waals surface area contributed by atoms with Gasteiger partial charge in [-0.1, -0.05) is 12.2 Å². The summed E-state index contributed by atoms with van der Waals surface area (Å²) in [4.78, 5) is 39.9. The van der Waals surface area contributed by atoms with Gasteiger partial charge in [-0.2, -0.15) is 4.90 Å². The Morgan fingerprint density at radius 1 is 0.971 bits per heavy atom. The van der Waals surface area contributed by atoms with Crippen LogP contribution in [0, 0.1) is 0 Å². The fourth-order valence-corrected chi connectivity index (χ4v) is 3.90. The summed E-state index contributed by atoms with van der Waals surface area (Å²) >= 11 is 0. The Morgan fingerprint density at radius 2 is 1.59 bits per heavy atom. The molecular formula is C23H31N5O6. The van der Waals surface area contributed by atoms with Gasteiger partial charge in [-0.05, 0) is 55.4 Å². The molecule has 4 rings (SSSR count). The van der Waals surface area contributed by atoms with E-state index in [1.807, 2.05) is 30.6 Å². The molecule has 2 aliphatic rings. The van der Waals surface area contributed by atoms with Gasteiger partial charge in [0.05, 0.1) is 12.4 Å². The van der Waals surface area contributed by atoms with Gasteiger partial charge in [0.15, 0.2) is 22.8 Å². The van der Waals surface area contributed by atoms with E-state index >= 15 is 0 Å². The van der Waals surface area contributed by atoms with Crippen molar-refractivity contribution in [1.82, 2.24) is 19.5 Å². The molecule has 0 radical (unpaired) electrons.